The summed E-state index contributed by atoms with van der Waals surface area (Å²) in [5.41, 5.74) is 15.0. The van der Waals surface area contributed by atoms with Crippen LogP contribution in [0.1, 0.15) is 0 Å². The number of fused-ring (bicyclic) bond motifs is 27. The predicted molar refractivity (Wildman–Crippen MR) is 573 cm³/mol. The molecule has 0 N–H and O–H groups in total. The van der Waals surface area contributed by atoms with E-state index in [0.29, 0.717) is 64.5 Å². The molecule has 17 aromatic heterocycles. The third-order valence-corrected chi connectivity index (χ3v) is 32.6. The number of thiophene rings is 2. The normalized spacial score (nSPS) is 13.1. The highest BCUT2D eigenvalue weighted by Gasteiger charge is 2.41. The first-order valence-electron chi connectivity index (χ1n) is 46.4. The van der Waals surface area contributed by atoms with E-state index in [9.17, 15) is 0 Å². The molecule has 0 amide bonds. The van der Waals surface area contributed by atoms with Gasteiger partial charge in [-0.15, -0.1) is 22.7 Å². The van der Waals surface area contributed by atoms with Crippen molar-refractivity contribution in [2.45, 2.75) is 0 Å². The molecule has 22 nitrogen and oxygen atoms in total. The maximum Gasteiger partial charge on any atom is 0.242 e. The lowest BCUT2D eigenvalue weighted by molar-refractivity contribution is 0.593. The summed E-state index contributed by atoms with van der Waals surface area (Å²) in [7, 11) is -3.20. The number of nitrogens with zero attached hydrogens (tertiary/aromatic N) is 21. The first kappa shape index (κ1) is 80.5. The molecule has 142 heavy (non-hydrogen) atoms. The van der Waals surface area contributed by atoms with E-state index in [0.717, 1.165) is 169 Å². The molecule has 0 fully saturated rings. The summed E-state index contributed by atoms with van der Waals surface area (Å²) in [4.78, 5) is 75.4. The van der Waals surface area contributed by atoms with Gasteiger partial charge >= 0.3 is 0 Å². The molecule has 664 valence electrons. The SMILES string of the molecule is O=P1(c2ccccc2)c2ccccc2-c2ccc(-c3nc(-n4c5ccccc5c5ccccc54)nc(-n4c5ncccc5c5cccnc54)n3)cc21.c1ccc2c(c1)sc1ccc(-c3nc(-n4c5ccccc5c5ccccc54)nc(-n4c5ncccc5c5cccnc54)n3)cc12.c1ccc2c(c1)sc1cccc(-c3nc(-n4c5ccccc5c5ccccc54)nc(-n4c5ncccc5c5cccnc54)n3)c12. The molecule has 31 rings (SSSR count). The highest BCUT2D eigenvalue weighted by molar-refractivity contribution is 7.86. The summed E-state index contributed by atoms with van der Waals surface area (Å²) < 4.78 is 32.5. The smallest absolute Gasteiger partial charge is 0.242 e. The van der Waals surface area contributed by atoms with Gasteiger partial charge in [-0.3, -0.25) is 13.7 Å². The van der Waals surface area contributed by atoms with Gasteiger partial charge in [-0.2, -0.15) is 44.9 Å². The zero-order valence-electron chi connectivity index (χ0n) is 74.8. The molecule has 0 saturated heterocycles. The van der Waals surface area contributed by atoms with Gasteiger partial charge in [-0.25, -0.2) is 43.6 Å². The third kappa shape index (κ3) is 12.4. The molecule has 0 aliphatic carbocycles. The first-order chi connectivity index (χ1) is 70.3. The van der Waals surface area contributed by atoms with Crippen LogP contribution in [0.5, 0.6) is 0 Å². The molecule has 0 spiro atoms. The van der Waals surface area contributed by atoms with Crippen molar-refractivity contribution in [2.24, 2.45) is 0 Å². The van der Waals surface area contributed by atoms with Gasteiger partial charge in [0.05, 0.1) is 33.1 Å². The summed E-state index contributed by atoms with van der Waals surface area (Å²) in [6.07, 6.45) is 10.7. The van der Waals surface area contributed by atoms with Crippen LogP contribution in [0.4, 0.5) is 0 Å². The van der Waals surface area contributed by atoms with Gasteiger partial charge < -0.3 is 4.57 Å². The summed E-state index contributed by atoms with van der Waals surface area (Å²) in [5, 5.41) is 19.8. The minimum absolute atomic E-state index is 0.384. The van der Waals surface area contributed by atoms with E-state index in [1.807, 2.05) is 147 Å². The average molecular weight is 1880 g/mol. The summed E-state index contributed by atoms with van der Waals surface area (Å²) in [6.45, 7) is 0. The maximum atomic E-state index is 15.5. The largest absolute Gasteiger partial charge is 0.309 e. The number of hydrogen-bond donors (Lipinski definition) is 0. The van der Waals surface area contributed by atoms with Crippen LogP contribution in [-0.2, 0) is 4.57 Å². The number of para-hydroxylation sites is 6. The second-order valence-corrected chi connectivity index (χ2v) is 39.8. The standard InChI is InChI=1S/C43H26N7OP.2C37H21N7S/c51-52(28-12-2-1-3-13-28)37-21-9-6-16-31(37)32-23-22-27(26-38(32)52)39-46-42(49-35-19-7-4-14-29(35)30-15-5-8-20-36(30)49)48-43(47-39)50-40-33(17-10-24-44-40)34-18-11-25-45-41(34)50;1-4-16-28-22(10-1)23-11-2-5-17-29(23)43(28)36-40-33(27-13-7-19-31-32(27)26-12-3-6-18-30(26)45-31)41-37(42-36)44-34-24(14-8-20-38-34)25-15-9-21-39-35(25)44;1-4-14-29-23(9-1)24-10-2-5-15-30(24)43(29)36-40-33(22-17-18-32-28(21-22)25-11-3-6-16-31(25)45-32)41-37(42-36)44-34-26(12-7-19-38-34)27-13-8-20-39-35(27)44/h1-26H;2*1-21H. The van der Waals surface area contributed by atoms with E-state index in [4.69, 9.17) is 74.8 Å². The Bertz CT molecular complexity index is 9890. The van der Waals surface area contributed by atoms with Crippen molar-refractivity contribution >= 4 is 218 Å². The van der Waals surface area contributed by atoms with E-state index < -0.39 is 7.14 Å². The molecule has 0 radical (unpaired) electrons. The molecular formula is C117H68N21OPS2. The third-order valence-electron chi connectivity index (χ3n) is 27.2. The highest BCUT2D eigenvalue weighted by atomic mass is 32.1. The van der Waals surface area contributed by atoms with Crippen molar-refractivity contribution < 1.29 is 4.57 Å². The highest BCUT2D eigenvalue weighted by Crippen LogP contribution is 2.53. The molecule has 1 atom stereocenters. The molecule has 0 bridgehead atoms. The predicted octanol–water partition coefficient (Wildman–Crippen LogP) is 25.9. The van der Waals surface area contributed by atoms with Crippen LogP contribution >= 0.6 is 29.8 Å². The molecule has 30 aromatic rings. The molecule has 18 heterocycles. The molecule has 1 aliphatic rings. The van der Waals surface area contributed by atoms with Gasteiger partial charge in [0.15, 0.2) is 24.6 Å². The Hall–Kier alpha value is -18.7. The summed E-state index contributed by atoms with van der Waals surface area (Å²) in [5.74, 6) is 4.44. The quantitative estimate of drug-likeness (QED) is 0.116. The second-order valence-electron chi connectivity index (χ2n) is 34.9. The fourth-order valence-electron chi connectivity index (χ4n) is 21.0. The Morgan fingerprint density at radius 2 is 0.493 bits per heavy atom. The topological polar surface area (TPSA) is 240 Å². The number of rotatable bonds is 10. The van der Waals surface area contributed by atoms with Crippen LogP contribution in [0, 0.1) is 0 Å². The van der Waals surface area contributed by atoms with E-state index in [1.54, 1.807) is 59.9 Å². The van der Waals surface area contributed by atoms with Gasteiger partial charge in [0.2, 0.25) is 35.7 Å². The van der Waals surface area contributed by atoms with Crippen LogP contribution < -0.4 is 15.9 Å². The van der Waals surface area contributed by atoms with Gasteiger partial charge in [0.1, 0.15) is 33.9 Å². The Morgan fingerprint density at radius 3 is 0.915 bits per heavy atom. The zero-order chi connectivity index (χ0) is 93.4. The molecule has 1 aliphatic heterocycles. The van der Waals surface area contributed by atoms with Crippen LogP contribution in [-0.4, -0.2) is 102 Å². The van der Waals surface area contributed by atoms with Gasteiger partial charge in [-0.05, 0) is 163 Å². The maximum absolute atomic E-state index is 15.5. The molecule has 25 heteroatoms. The van der Waals surface area contributed by atoms with Gasteiger partial charge in [0, 0.05) is 175 Å². The zero-order valence-corrected chi connectivity index (χ0v) is 77.4. The minimum atomic E-state index is -3.20. The number of benzene rings is 13. The van der Waals surface area contributed by atoms with E-state index in [1.165, 1.54) is 35.0 Å². The number of hydrogen-bond acceptors (Lipinski definition) is 18. The molecule has 0 saturated carbocycles. The Balaban J connectivity index is 0.000000102. The van der Waals surface area contributed by atoms with E-state index in [-0.39, 0.29) is 0 Å². The van der Waals surface area contributed by atoms with Crippen molar-refractivity contribution in [3.05, 3.63) is 413 Å². The van der Waals surface area contributed by atoms with Crippen molar-refractivity contribution in [1.29, 1.82) is 0 Å². The van der Waals surface area contributed by atoms with Crippen molar-refractivity contribution in [3.63, 3.8) is 0 Å². The fraction of sp³-hybridized carbons (Fsp3) is 0. The van der Waals surface area contributed by atoms with Crippen LogP contribution in [0.25, 0.3) is 253 Å². The van der Waals surface area contributed by atoms with Gasteiger partial charge in [-0.1, -0.05) is 224 Å². The lowest BCUT2D eigenvalue weighted by Crippen LogP contribution is -2.20. The van der Waals surface area contributed by atoms with Gasteiger partial charge in [0.25, 0.3) is 0 Å². The van der Waals surface area contributed by atoms with E-state index in [2.05, 4.69) is 256 Å². The monoisotopic (exact) mass is 1880 g/mol. The molecule has 1 unspecified atom stereocenters. The van der Waals surface area contributed by atoms with Crippen LogP contribution in [0.3, 0.4) is 0 Å². The van der Waals surface area contributed by atoms with E-state index >= 15 is 4.57 Å². The summed E-state index contributed by atoms with van der Waals surface area (Å²) in [6, 6.07) is 128. The van der Waals surface area contributed by atoms with Crippen molar-refractivity contribution in [1.82, 2.24) is 102 Å². The lowest BCUT2D eigenvalue weighted by atomic mass is 10.0. The Morgan fingerprint density at radius 1 is 0.197 bits per heavy atom. The Kier molecular flexibility index (Phi) is 18.1. The summed E-state index contributed by atoms with van der Waals surface area (Å²) >= 11 is 3.58. The molecular weight excluding hydrogens is 1810 g/mol. The van der Waals surface area contributed by atoms with Crippen molar-refractivity contribution in [2.75, 3.05) is 0 Å². The average Bonchev–Trinajstić information content (AvgIpc) is 1.54. The fourth-order valence-corrected chi connectivity index (χ4v) is 26.4. The number of aromatic nitrogens is 21. The Labute approximate surface area is 812 Å². The van der Waals surface area contributed by atoms with Crippen LogP contribution in [0.2, 0.25) is 0 Å². The number of pyridine rings is 6. The lowest BCUT2D eigenvalue weighted by Gasteiger charge is -2.16. The minimum Gasteiger partial charge on any atom is -0.309 e. The molecule has 13 aromatic carbocycles. The first-order valence-corrected chi connectivity index (χ1v) is 49.8. The second kappa shape index (κ2) is 31.9. The van der Waals surface area contributed by atoms with Crippen molar-refractivity contribution in [3.8, 4) is 81.0 Å². The van der Waals surface area contributed by atoms with Crippen LogP contribution in [0.15, 0.2) is 413 Å².